The summed E-state index contributed by atoms with van der Waals surface area (Å²) in [6.07, 6.45) is 0.585. The van der Waals surface area contributed by atoms with Crippen molar-refractivity contribution in [1.82, 2.24) is 0 Å². The van der Waals surface area contributed by atoms with Crippen molar-refractivity contribution >= 4 is 16.6 Å². The number of hydrogen-bond donors (Lipinski definition) is 0. The highest BCUT2D eigenvalue weighted by Crippen LogP contribution is 2.28. The topological polar surface area (TPSA) is 34.1 Å². The van der Waals surface area contributed by atoms with E-state index in [2.05, 4.69) is 20.8 Å². The third-order valence-corrected chi connectivity index (χ3v) is 5.29. The minimum atomic E-state index is -1.36. The Kier molecular flexibility index (Phi) is 5.53. The predicted molar refractivity (Wildman–Crippen MR) is 96.2 cm³/mol. The van der Waals surface area contributed by atoms with Crippen LogP contribution in [0.15, 0.2) is 59.5 Å². The predicted octanol–water partition coefficient (Wildman–Crippen LogP) is 4.79. The Bertz CT molecular complexity index is 682. The zero-order chi connectivity index (χ0) is 17.0. The molecular weight excluding hydrogens is 304 g/mol. The quantitative estimate of drug-likeness (QED) is 0.740. The van der Waals surface area contributed by atoms with E-state index in [-0.39, 0.29) is 11.2 Å². The minimum absolute atomic E-state index is 0.0422. The molecule has 0 aliphatic heterocycles. The largest absolute Gasteiger partial charge is 0.293 e. The van der Waals surface area contributed by atoms with Gasteiger partial charge in [-0.25, -0.2) is 0 Å². The molecule has 0 unspecified atom stereocenters. The average Bonchev–Trinajstić information content (AvgIpc) is 2.52. The van der Waals surface area contributed by atoms with Crippen molar-refractivity contribution in [2.75, 3.05) is 0 Å². The van der Waals surface area contributed by atoms with Crippen LogP contribution in [0.3, 0.4) is 0 Å². The van der Waals surface area contributed by atoms with Gasteiger partial charge in [-0.2, -0.15) is 0 Å². The number of carbonyl (C=O) groups is 1. The summed E-state index contributed by atoms with van der Waals surface area (Å²) in [6.45, 7) is 8.22. The van der Waals surface area contributed by atoms with Crippen molar-refractivity contribution in [3.05, 3.63) is 65.7 Å². The zero-order valence-electron chi connectivity index (χ0n) is 14.2. The Morgan fingerprint density at radius 1 is 1.00 bits per heavy atom. The Morgan fingerprint density at radius 3 is 2.09 bits per heavy atom. The van der Waals surface area contributed by atoms with Gasteiger partial charge in [0.25, 0.3) is 0 Å². The van der Waals surface area contributed by atoms with Gasteiger partial charge in [-0.3, -0.25) is 9.00 Å². The molecule has 2 nitrogen and oxygen atoms in total. The van der Waals surface area contributed by atoms with Gasteiger partial charge in [0.2, 0.25) is 0 Å². The molecule has 0 saturated heterocycles. The van der Waals surface area contributed by atoms with Gasteiger partial charge in [0, 0.05) is 10.5 Å². The fraction of sp³-hybridized carbons (Fsp3) is 0.350. The van der Waals surface area contributed by atoms with Crippen molar-refractivity contribution in [3.63, 3.8) is 0 Å². The van der Waals surface area contributed by atoms with Crippen molar-refractivity contribution in [2.45, 2.75) is 44.3 Å². The minimum Gasteiger partial charge on any atom is -0.293 e. The molecule has 23 heavy (non-hydrogen) atoms. The number of aryl methyl sites for hydroxylation is 1. The number of benzene rings is 2. The van der Waals surface area contributed by atoms with Crippen LogP contribution >= 0.6 is 0 Å². The number of ketones is 1. The first-order chi connectivity index (χ1) is 10.8. The summed E-state index contributed by atoms with van der Waals surface area (Å²) in [5.41, 5.74) is 1.67. The third kappa shape index (κ3) is 4.87. The van der Waals surface area contributed by atoms with Crippen LogP contribution in [0.5, 0.6) is 0 Å². The lowest BCUT2D eigenvalue weighted by Gasteiger charge is -2.25. The number of hydrogen-bond acceptors (Lipinski definition) is 2. The fourth-order valence-electron chi connectivity index (χ4n) is 2.45. The van der Waals surface area contributed by atoms with E-state index in [0.717, 1.165) is 5.56 Å². The molecule has 2 rings (SSSR count). The van der Waals surface area contributed by atoms with Gasteiger partial charge in [0.15, 0.2) is 5.78 Å². The molecule has 3 heteroatoms. The van der Waals surface area contributed by atoms with Crippen LogP contribution in [-0.4, -0.2) is 15.2 Å². The van der Waals surface area contributed by atoms with Crippen LogP contribution in [0.1, 0.15) is 43.1 Å². The summed E-state index contributed by atoms with van der Waals surface area (Å²) in [4.78, 5) is 13.6. The third-order valence-electron chi connectivity index (χ3n) is 3.66. The maximum atomic E-state index is 13.0. The second-order valence-corrected chi connectivity index (χ2v) is 8.73. The molecule has 0 aromatic heterocycles. The van der Waals surface area contributed by atoms with Crippen molar-refractivity contribution in [1.29, 1.82) is 0 Å². The highest BCUT2D eigenvalue weighted by molar-refractivity contribution is 7.86. The molecule has 2 aromatic rings. The lowest BCUT2D eigenvalue weighted by atomic mass is 9.88. The summed E-state index contributed by atoms with van der Waals surface area (Å²) < 4.78 is 13.0. The van der Waals surface area contributed by atoms with Crippen LogP contribution in [0.2, 0.25) is 0 Å². The average molecular weight is 328 g/mol. The van der Waals surface area contributed by atoms with E-state index in [4.69, 9.17) is 0 Å². The molecule has 0 fully saturated rings. The normalized spacial score (nSPS) is 14.3. The molecular formula is C20H24O2S. The Balaban J connectivity index is 2.36. The molecule has 2 aromatic carbocycles. The molecule has 0 amide bonds. The second-order valence-electron chi connectivity index (χ2n) is 7.09. The molecule has 0 heterocycles. The monoisotopic (exact) mass is 328 g/mol. The van der Waals surface area contributed by atoms with E-state index in [9.17, 15) is 9.00 Å². The number of carbonyl (C=O) groups excluding carboxylic acids is 1. The van der Waals surface area contributed by atoms with E-state index in [1.807, 2.05) is 49.4 Å². The van der Waals surface area contributed by atoms with Crippen molar-refractivity contribution in [3.8, 4) is 0 Å². The maximum Gasteiger partial charge on any atom is 0.178 e. The second kappa shape index (κ2) is 7.22. The Labute approximate surface area is 141 Å². The van der Waals surface area contributed by atoms with Gasteiger partial charge in [0.1, 0.15) is 5.25 Å². The number of Topliss-reactive ketones (excluding diaryl/α,β-unsaturated/α-hetero) is 1. The molecule has 0 aliphatic carbocycles. The smallest absolute Gasteiger partial charge is 0.178 e. The van der Waals surface area contributed by atoms with E-state index in [0.29, 0.717) is 16.9 Å². The van der Waals surface area contributed by atoms with E-state index >= 15 is 0 Å². The summed E-state index contributed by atoms with van der Waals surface area (Å²) in [5.74, 6) is -0.0422. The van der Waals surface area contributed by atoms with Gasteiger partial charge in [-0.15, -0.1) is 0 Å². The number of rotatable bonds is 5. The van der Waals surface area contributed by atoms with E-state index < -0.39 is 16.0 Å². The van der Waals surface area contributed by atoms with Gasteiger partial charge in [-0.1, -0.05) is 68.8 Å². The van der Waals surface area contributed by atoms with Crippen LogP contribution in [0, 0.1) is 12.3 Å². The highest BCUT2D eigenvalue weighted by atomic mass is 32.2. The van der Waals surface area contributed by atoms with Gasteiger partial charge in [-0.05, 0) is 30.9 Å². The SMILES string of the molecule is Cc1ccc([S@](=O)[C@@H](CC(C)(C)C)C(=O)c2ccccc2)cc1. The molecule has 122 valence electrons. The maximum absolute atomic E-state index is 13.0. The highest BCUT2D eigenvalue weighted by Gasteiger charge is 2.31. The van der Waals surface area contributed by atoms with Crippen molar-refractivity contribution < 1.29 is 9.00 Å². The van der Waals surface area contributed by atoms with Crippen LogP contribution < -0.4 is 0 Å². The molecule has 0 aliphatic rings. The summed E-state index contributed by atoms with van der Waals surface area (Å²) in [5, 5.41) is -0.528. The zero-order valence-corrected chi connectivity index (χ0v) is 15.0. The summed E-state index contributed by atoms with van der Waals surface area (Å²) in [6, 6.07) is 16.8. The van der Waals surface area contributed by atoms with Gasteiger partial charge in [0.05, 0.1) is 10.8 Å². The summed E-state index contributed by atoms with van der Waals surface area (Å²) in [7, 11) is -1.36. The summed E-state index contributed by atoms with van der Waals surface area (Å²) >= 11 is 0. The molecule has 2 atom stereocenters. The fourth-order valence-corrected chi connectivity index (χ4v) is 4.16. The van der Waals surface area contributed by atoms with E-state index in [1.165, 1.54) is 0 Å². The first-order valence-electron chi connectivity index (χ1n) is 7.84. The lowest BCUT2D eigenvalue weighted by molar-refractivity contribution is 0.0972. The molecule has 0 radical (unpaired) electrons. The molecule has 0 bridgehead atoms. The van der Waals surface area contributed by atoms with Gasteiger partial charge < -0.3 is 0 Å². The van der Waals surface area contributed by atoms with Gasteiger partial charge >= 0.3 is 0 Å². The van der Waals surface area contributed by atoms with Crippen molar-refractivity contribution in [2.24, 2.45) is 5.41 Å². The van der Waals surface area contributed by atoms with Crippen LogP contribution in [0.4, 0.5) is 0 Å². The molecule has 0 N–H and O–H groups in total. The first kappa shape index (κ1) is 17.6. The van der Waals surface area contributed by atoms with Crippen LogP contribution in [-0.2, 0) is 10.8 Å². The standard InChI is InChI=1S/C20H24O2S/c1-15-10-12-17(13-11-15)23(22)18(14-20(2,3)4)19(21)16-8-6-5-7-9-16/h5-13,18H,14H2,1-4H3/t18-,23-/m0/s1. The Hall–Kier alpha value is -1.74. The van der Waals surface area contributed by atoms with E-state index in [1.54, 1.807) is 12.1 Å². The lowest BCUT2D eigenvalue weighted by Crippen LogP contribution is -2.31. The Morgan fingerprint density at radius 2 is 1.57 bits per heavy atom. The first-order valence-corrected chi connectivity index (χ1v) is 9.06. The molecule has 0 spiro atoms. The van der Waals surface area contributed by atoms with Crippen LogP contribution in [0.25, 0.3) is 0 Å². The molecule has 0 saturated carbocycles.